The largest absolute Gasteiger partial charge is 0.374 e. The summed E-state index contributed by atoms with van der Waals surface area (Å²) in [5.74, 6) is 0. The summed E-state index contributed by atoms with van der Waals surface area (Å²) in [6.07, 6.45) is -1.39. The second-order valence-corrected chi connectivity index (χ2v) is 2.38. The van der Waals surface area contributed by atoms with Gasteiger partial charge in [-0.3, -0.25) is 0 Å². The van der Waals surface area contributed by atoms with Crippen molar-refractivity contribution in [1.82, 2.24) is 10.6 Å². The fourth-order valence-electron chi connectivity index (χ4n) is 0.421. The summed E-state index contributed by atoms with van der Waals surface area (Å²) in [5.41, 5.74) is 0. The first kappa shape index (κ1) is 9.61. The van der Waals surface area contributed by atoms with E-state index in [2.05, 4.69) is 22.9 Å². The Hall–Kier alpha value is -0.390. The van der Waals surface area contributed by atoms with Crippen molar-refractivity contribution in [3.8, 4) is 0 Å². The van der Waals surface area contributed by atoms with Crippen LogP contribution >= 0.6 is 12.2 Å². The summed E-state index contributed by atoms with van der Waals surface area (Å²) in [7, 11) is 0. The minimum atomic E-state index is -0.696. The van der Waals surface area contributed by atoms with Gasteiger partial charge in [-0.2, -0.15) is 0 Å². The quantitative estimate of drug-likeness (QED) is 0.315. The van der Waals surface area contributed by atoms with E-state index in [1.54, 1.807) is 0 Å². The molecular formula is C5H12N2O2S. The van der Waals surface area contributed by atoms with Gasteiger partial charge in [0.2, 0.25) is 0 Å². The second kappa shape index (κ2) is 4.43. The van der Waals surface area contributed by atoms with Crippen LogP contribution in [-0.2, 0) is 0 Å². The molecule has 0 amide bonds. The van der Waals surface area contributed by atoms with Crippen molar-refractivity contribution < 1.29 is 10.2 Å². The maximum Gasteiger partial charge on any atom is 0.170 e. The van der Waals surface area contributed by atoms with E-state index in [-0.39, 0.29) is 5.11 Å². The lowest BCUT2D eigenvalue weighted by molar-refractivity contribution is 0.164. The van der Waals surface area contributed by atoms with Gasteiger partial charge in [0.25, 0.3) is 0 Å². The molecule has 0 aromatic rings. The van der Waals surface area contributed by atoms with E-state index >= 15 is 0 Å². The van der Waals surface area contributed by atoms with E-state index in [9.17, 15) is 0 Å². The highest BCUT2D eigenvalue weighted by atomic mass is 32.1. The van der Waals surface area contributed by atoms with E-state index in [1.165, 1.54) is 13.8 Å². The lowest BCUT2D eigenvalue weighted by atomic mass is 10.6. The molecule has 0 spiro atoms. The Morgan fingerprint density at radius 3 is 1.70 bits per heavy atom. The molecule has 0 radical (unpaired) electrons. The normalized spacial score (nSPS) is 15.6. The fraction of sp³-hybridized carbons (Fsp3) is 0.800. The number of thiocarbonyl (C=S) groups is 1. The van der Waals surface area contributed by atoms with Gasteiger partial charge >= 0.3 is 0 Å². The highest BCUT2D eigenvalue weighted by Gasteiger charge is 2.00. The standard InChI is InChI=1S/C5H12N2O2S/c1-3(8)6-5(10)7-4(2)9/h3-4,8-9H,1-2H3,(H2,6,7,10). The molecule has 2 unspecified atom stereocenters. The van der Waals surface area contributed by atoms with Crippen LogP contribution in [0.3, 0.4) is 0 Å². The number of aliphatic hydroxyl groups is 2. The second-order valence-electron chi connectivity index (χ2n) is 1.97. The van der Waals surface area contributed by atoms with Crippen molar-refractivity contribution >= 4 is 17.3 Å². The average molecular weight is 164 g/mol. The molecule has 0 heterocycles. The maximum atomic E-state index is 8.72. The molecule has 10 heavy (non-hydrogen) atoms. The Bertz CT molecular complexity index is 104. The van der Waals surface area contributed by atoms with Crippen molar-refractivity contribution in [3.63, 3.8) is 0 Å². The maximum absolute atomic E-state index is 8.72. The Balaban J connectivity index is 3.44. The van der Waals surface area contributed by atoms with Crippen LogP contribution in [0.25, 0.3) is 0 Å². The third-order valence-corrected chi connectivity index (χ3v) is 0.916. The van der Waals surface area contributed by atoms with E-state index in [0.717, 1.165) is 0 Å². The van der Waals surface area contributed by atoms with Crippen molar-refractivity contribution in [2.45, 2.75) is 26.3 Å². The van der Waals surface area contributed by atoms with E-state index < -0.39 is 12.5 Å². The van der Waals surface area contributed by atoms with Crippen LogP contribution in [0.2, 0.25) is 0 Å². The van der Waals surface area contributed by atoms with Gasteiger partial charge in [-0.05, 0) is 26.1 Å². The summed E-state index contributed by atoms with van der Waals surface area (Å²) in [4.78, 5) is 0. The third-order valence-electron chi connectivity index (χ3n) is 0.680. The first-order chi connectivity index (χ1) is 4.52. The smallest absolute Gasteiger partial charge is 0.170 e. The molecule has 0 bridgehead atoms. The molecule has 0 aliphatic carbocycles. The Kier molecular flexibility index (Phi) is 4.26. The minimum absolute atomic E-state index is 0.241. The van der Waals surface area contributed by atoms with Crippen LogP contribution in [-0.4, -0.2) is 27.8 Å². The molecule has 0 aromatic heterocycles. The van der Waals surface area contributed by atoms with Crippen molar-refractivity contribution in [3.05, 3.63) is 0 Å². The molecule has 0 aliphatic heterocycles. The zero-order chi connectivity index (χ0) is 8.15. The number of rotatable bonds is 2. The number of hydrogen-bond acceptors (Lipinski definition) is 3. The average Bonchev–Trinajstić information content (AvgIpc) is 1.58. The third kappa shape index (κ3) is 5.74. The zero-order valence-corrected chi connectivity index (χ0v) is 6.77. The molecule has 2 atom stereocenters. The first-order valence-corrected chi connectivity index (χ1v) is 3.36. The van der Waals surface area contributed by atoms with Crippen LogP contribution in [0, 0.1) is 0 Å². The topological polar surface area (TPSA) is 64.5 Å². The molecule has 4 nitrogen and oxygen atoms in total. The number of hydrogen-bond donors (Lipinski definition) is 4. The number of aliphatic hydroxyl groups excluding tert-OH is 2. The highest BCUT2D eigenvalue weighted by Crippen LogP contribution is 1.76. The van der Waals surface area contributed by atoms with Gasteiger partial charge in [0.1, 0.15) is 12.5 Å². The van der Waals surface area contributed by atoms with Gasteiger partial charge in [0.15, 0.2) is 5.11 Å². The molecule has 0 aliphatic rings. The molecule has 0 fully saturated rings. The molecule has 0 saturated carbocycles. The monoisotopic (exact) mass is 164 g/mol. The van der Waals surface area contributed by atoms with Gasteiger partial charge in [0.05, 0.1) is 0 Å². The Morgan fingerprint density at radius 1 is 1.20 bits per heavy atom. The van der Waals surface area contributed by atoms with Crippen molar-refractivity contribution in [1.29, 1.82) is 0 Å². The van der Waals surface area contributed by atoms with Crippen LogP contribution < -0.4 is 10.6 Å². The summed E-state index contributed by atoms with van der Waals surface area (Å²) in [5, 5.41) is 22.7. The lowest BCUT2D eigenvalue weighted by Gasteiger charge is -2.13. The SMILES string of the molecule is CC(O)NC(=S)NC(C)O. The Morgan fingerprint density at radius 2 is 1.50 bits per heavy atom. The van der Waals surface area contributed by atoms with Gasteiger partial charge in [-0.15, -0.1) is 0 Å². The molecule has 0 saturated heterocycles. The summed E-state index contributed by atoms with van der Waals surface area (Å²) in [6, 6.07) is 0. The predicted octanol–water partition coefficient (Wildman–Crippen LogP) is -0.873. The van der Waals surface area contributed by atoms with Gasteiger partial charge < -0.3 is 20.8 Å². The summed E-state index contributed by atoms with van der Waals surface area (Å²) in [6.45, 7) is 3.08. The summed E-state index contributed by atoms with van der Waals surface area (Å²) < 4.78 is 0. The molecule has 0 rings (SSSR count). The van der Waals surface area contributed by atoms with Crippen molar-refractivity contribution in [2.75, 3.05) is 0 Å². The van der Waals surface area contributed by atoms with Crippen LogP contribution in [0.4, 0.5) is 0 Å². The number of nitrogens with one attached hydrogen (secondary N) is 2. The molecular weight excluding hydrogens is 152 g/mol. The van der Waals surface area contributed by atoms with Crippen molar-refractivity contribution in [2.24, 2.45) is 0 Å². The lowest BCUT2D eigenvalue weighted by Crippen LogP contribution is -2.44. The minimum Gasteiger partial charge on any atom is -0.374 e. The molecule has 4 N–H and O–H groups in total. The van der Waals surface area contributed by atoms with Crippen LogP contribution in [0.15, 0.2) is 0 Å². The highest BCUT2D eigenvalue weighted by molar-refractivity contribution is 7.80. The summed E-state index contributed by atoms with van der Waals surface area (Å²) >= 11 is 4.66. The first-order valence-electron chi connectivity index (χ1n) is 2.95. The van der Waals surface area contributed by atoms with E-state index in [4.69, 9.17) is 10.2 Å². The van der Waals surface area contributed by atoms with E-state index in [1.807, 2.05) is 0 Å². The van der Waals surface area contributed by atoms with E-state index in [0.29, 0.717) is 0 Å². The fourth-order valence-corrected chi connectivity index (χ4v) is 0.762. The Labute approximate surface area is 65.2 Å². The zero-order valence-electron chi connectivity index (χ0n) is 5.96. The molecule has 60 valence electrons. The van der Waals surface area contributed by atoms with Gasteiger partial charge in [0, 0.05) is 0 Å². The molecule has 0 aromatic carbocycles. The van der Waals surface area contributed by atoms with Crippen LogP contribution in [0.1, 0.15) is 13.8 Å². The van der Waals surface area contributed by atoms with Gasteiger partial charge in [-0.25, -0.2) is 0 Å². The van der Waals surface area contributed by atoms with Crippen LogP contribution in [0.5, 0.6) is 0 Å². The predicted molar refractivity (Wildman–Crippen MR) is 42.2 cm³/mol. The van der Waals surface area contributed by atoms with Gasteiger partial charge in [-0.1, -0.05) is 0 Å². The molecule has 5 heteroatoms.